The molecular formula is C14H18FNO. The Morgan fingerprint density at radius 1 is 1.53 bits per heavy atom. The first-order chi connectivity index (χ1) is 8.19. The van der Waals surface area contributed by atoms with Crippen LogP contribution in [0.15, 0.2) is 18.2 Å². The Balaban J connectivity index is 2.02. The van der Waals surface area contributed by atoms with Crippen molar-refractivity contribution in [3.63, 3.8) is 0 Å². The van der Waals surface area contributed by atoms with Crippen molar-refractivity contribution in [2.75, 3.05) is 13.1 Å². The highest BCUT2D eigenvalue weighted by Crippen LogP contribution is 2.19. The van der Waals surface area contributed by atoms with E-state index in [-0.39, 0.29) is 11.7 Å². The number of halogens is 1. The quantitative estimate of drug-likeness (QED) is 0.750. The predicted octanol–water partition coefficient (Wildman–Crippen LogP) is 2.55. The van der Waals surface area contributed by atoms with Gasteiger partial charge in [-0.25, -0.2) is 4.39 Å². The summed E-state index contributed by atoms with van der Waals surface area (Å²) in [5.41, 5.74) is 2.14. The first-order valence-corrected chi connectivity index (χ1v) is 6.11. The zero-order chi connectivity index (χ0) is 12.3. The molecule has 0 aromatic heterocycles. The van der Waals surface area contributed by atoms with Crippen LogP contribution in [0.1, 0.15) is 24.0 Å². The van der Waals surface area contributed by atoms with Crippen molar-refractivity contribution in [1.82, 2.24) is 4.90 Å². The average Bonchev–Trinajstić information content (AvgIpc) is 2.33. The second-order valence-electron chi connectivity index (χ2n) is 4.84. The molecule has 1 aromatic rings. The van der Waals surface area contributed by atoms with Crippen LogP contribution in [0.25, 0.3) is 0 Å². The molecule has 1 heterocycles. The third kappa shape index (κ3) is 3.13. The largest absolute Gasteiger partial charge is 0.303 e. The maximum Gasteiger partial charge on any atom is 0.124 e. The molecular weight excluding hydrogens is 217 g/mol. The van der Waals surface area contributed by atoms with E-state index >= 15 is 0 Å². The van der Waals surface area contributed by atoms with E-state index in [9.17, 15) is 9.18 Å². The molecule has 0 amide bonds. The fraction of sp³-hybridized carbons (Fsp3) is 0.500. The van der Waals surface area contributed by atoms with Gasteiger partial charge in [0.15, 0.2) is 0 Å². The van der Waals surface area contributed by atoms with Gasteiger partial charge in [-0.05, 0) is 49.6 Å². The van der Waals surface area contributed by atoms with E-state index in [1.54, 1.807) is 6.07 Å². The zero-order valence-corrected chi connectivity index (χ0v) is 10.2. The lowest BCUT2D eigenvalue weighted by molar-refractivity contribution is -0.112. The summed E-state index contributed by atoms with van der Waals surface area (Å²) in [7, 11) is 0. The van der Waals surface area contributed by atoms with Crippen LogP contribution in [0, 0.1) is 18.7 Å². The van der Waals surface area contributed by atoms with E-state index in [0.29, 0.717) is 0 Å². The van der Waals surface area contributed by atoms with E-state index in [1.165, 1.54) is 6.07 Å². The molecule has 3 heteroatoms. The third-order valence-corrected chi connectivity index (χ3v) is 3.43. The Kier molecular flexibility index (Phi) is 3.89. The van der Waals surface area contributed by atoms with E-state index in [1.807, 2.05) is 13.0 Å². The van der Waals surface area contributed by atoms with Gasteiger partial charge in [0.25, 0.3) is 0 Å². The molecule has 0 bridgehead atoms. The molecule has 0 aliphatic carbocycles. The van der Waals surface area contributed by atoms with Gasteiger partial charge in [-0.3, -0.25) is 4.90 Å². The number of carbonyl (C=O) groups is 1. The zero-order valence-electron chi connectivity index (χ0n) is 10.2. The maximum absolute atomic E-state index is 13.0. The number of aryl methyl sites for hydroxylation is 1. The van der Waals surface area contributed by atoms with E-state index < -0.39 is 0 Å². The van der Waals surface area contributed by atoms with Crippen LogP contribution in [-0.4, -0.2) is 24.3 Å². The van der Waals surface area contributed by atoms with Gasteiger partial charge in [0.1, 0.15) is 12.1 Å². The highest BCUT2D eigenvalue weighted by atomic mass is 19.1. The van der Waals surface area contributed by atoms with Gasteiger partial charge in [-0.1, -0.05) is 6.07 Å². The molecule has 0 spiro atoms. The van der Waals surface area contributed by atoms with Crippen LogP contribution in [-0.2, 0) is 11.3 Å². The number of nitrogens with zero attached hydrogens (tertiary/aromatic N) is 1. The van der Waals surface area contributed by atoms with Crippen LogP contribution < -0.4 is 0 Å². The van der Waals surface area contributed by atoms with Crippen molar-refractivity contribution in [2.45, 2.75) is 26.3 Å². The molecule has 1 fully saturated rings. The number of hydrogen-bond acceptors (Lipinski definition) is 2. The second-order valence-corrected chi connectivity index (χ2v) is 4.84. The van der Waals surface area contributed by atoms with Gasteiger partial charge in [0.2, 0.25) is 0 Å². The summed E-state index contributed by atoms with van der Waals surface area (Å²) in [5.74, 6) is -0.0137. The predicted molar refractivity (Wildman–Crippen MR) is 65.2 cm³/mol. The SMILES string of the molecule is Cc1cc(F)ccc1CN1CCCC(C=O)C1. The number of carbonyl (C=O) groups excluding carboxylic acids is 1. The lowest BCUT2D eigenvalue weighted by atomic mass is 9.98. The molecule has 17 heavy (non-hydrogen) atoms. The van der Waals surface area contributed by atoms with Crippen molar-refractivity contribution in [3.8, 4) is 0 Å². The highest BCUT2D eigenvalue weighted by Gasteiger charge is 2.19. The first-order valence-electron chi connectivity index (χ1n) is 6.11. The number of hydrogen-bond donors (Lipinski definition) is 0. The Hall–Kier alpha value is -1.22. The lowest BCUT2D eigenvalue weighted by Crippen LogP contribution is -2.35. The first kappa shape index (κ1) is 12.2. The van der Waals surface area contributed by atoms with Crippen molar-refractivity contribution in [2.24, 2.45) is 5.92 Å². The van der Waals surface area contributed by atoms with Crippen LogP contribution in [0.4, 0.5) is 4.39 Å². The number of benzene rings is 1. The van der Waals surface area contributed by atoms with Crippen molar-refractivity contribution in [3.05, 3.63) is 35.1 Å². The molecule has 2 rings (SSSR count). The monoisotopic (exact) mass is 235 g/mol. The van der Waals surface area contributed by atoms with Crippen molar-refractivity contribution >= 4 is 6.29 Å². The van der Waals surface area contributed by atoms with Gasteiger partial charge in [-0.15, -0.1) is 0 Å². The summed E-state index contributed by atoms with van der Waals surface area (Å²) in [6.45, 7) is 4.61. The summed E-state index contributed by atoms with van der Waals surface area (Å²) in [6.07, 6.45) is 3.13. The summed E-state index contributed by atoms with van der Waals surface area (Å²) in [4.78, 5) is 13.1. The lowest BCUT2D eigenvalue weighted by Gasteiger charge is -2.30. The van der Waals surface area contributed by atoms with Gasteiger partial charge >= 0.3 is 0 Å². The number of aldehydes is 1. The van der Waals surface area contributed by atoms with E-state index in [4.69, 9.17) is 0 Å². The molecule has 1 aliphatic rings. The normalized spacial score (nSPS) is 21.4. The Bertz CT molecular complexity index is 405. The third-order valence-electron chi connectivity index (χ3n) is 3.43. The maximum atomic E-state index is 13.0. The number of rotatable bonds is 3. The molecule has 0 N–H and O–H groups in total. The standard InChI is InChI=1S/C14H18FNO/c1-11-7-14(15)5-4-13(11)9-16-6-2-3-12(8-16)10-17/h4-5,7,10,12H,2-3,6,8-9H2,1H3. The molecule has 1 unspecified atom stereocenters. The summed E-state index contributed by atoms with van der Waals surface area (Å²) >= 11 is 0. The number of piperidine rings is 1. The molecule has 0 saturated carbocycles. The van der Waals surface area contributed by atoms with Crippen LogP contribution >= 0.6 is 0 Å². The molecule has 1 aromatic carbocycles. The molecule has 92 valence electrons. The summed E-state index contributed by atoms with van der Waals surface area (Å²) < 4.78 is 13.0. The molecule has 1 atom stereocenters. The topological polar surface area (TPSA) is 20.3 Å². The highest BCUT2D eigenvalue weighted by molar-refractivity contribution is 5.53. The van der Waals surface area contributed by atoms with Crippen molar-refractivity contribution < 1.29 is 9.18 Å². The molecule has 1 aliphatic heterocycles. The summed E-state index contributed by atoms with van der Waals surface area (Å²) in [5, 5.41) is 0. The van der Waals surface area contributed by atoms with Crippen LogP contribution in [0.3, 0.4) is 0 Å². The second kappa shape index (κ2) is 5.41. The van der Waals surface area contributed by atoms with Crippen molar-refractivity contribution in [1.29, 1.82) is 0 Å². The Labute approximate surface area is 101 Å². The molecule has 0 radical (unpaired) electrons. The average molecular weight is 235 g/mol. The minimum Gasteiger partial charge on any atom is -0.303 e. The Morgan fingerprint density at radius 2 is 2.35 bits per heavy atom. The molecule has 1 saturated heterocycles. The van der Waals surface area contributed by atoms with Gasteiger partial charge in [-0.2, -0.15) is 0 Å². The summed E-state index contributed by atoms with van der Waals surface area (Å²) in [6, 6.07) is 4.91. The fourth-order valence-electron chi connectivity index (χ4n) is 2.42. The van der Waals surface area contributed by atoms with Gasteiger partial charge < -0.3 is 4.79 Å². The van der Waals surface area contributed by atoms with E-state index in [0.717, 1.165) is 49.9 Å². The van der Waals surface area contributed by atoms with Gasteiger partial charge in [0, 0.05) is 19.0 Å². The smallest absolute Gasteiger partial charge is 0.124 e. The number of likely N-dealkylation sites (tertiary alicyclic amines) is 1. The fourth-order valence-corrected chi connectivity index (χ4v) is 2.42. The van der Waals surface area contributed by atoms with Crippen LogP contribution in [0.5, 0.6) is 0 Å². The minimum absolute atomic E-state index is 0.171. The molecule has 2 nitrogen and oxygen atoms in total. The van der Waals surface area contributed by atoms with Crippen LogP contribution in [0.2, 0.25) is 0 Å². The van der Waals surface area contributed by atoms with E-state index in [2.05, 4.69) is 4.90 Å². The Morgan fingerprint density at radius 3 is 3.06 bits per heavy atom. The van der Waals surface area contributed by atoms with Gasteiger partial charge in [0.05, 0.1) is 0 Å². The minimum atomic E-state index is -0.185.